The summed E-state index contributed by atoms with van der Waals surface area (Å²) in [5, 5.41) is 3.28. The molecular formula is C15H22N2O. The van der Waals surface area contributed by atoms with E-state index in [0.29, 0.717) is 6.42 Å². The summed E-state index contributed by atoms with van der Waals surface area (Å²) < 4.78 is 0. The molecule has 0 bridgehead atoms. The summed E-state index contributed by atoms with van der Waals surface area (Å²) in [6, 6.07) is 4.32. The lowest BCUT2D eigenvalue weighted by Gasteiger charge is -2.28. The van der Waals surface area contributed by atoms with Crippen LogP contribution in [0.1, 0.15) is 29.5 Å². The molecule has 18 heavy (non-hydrogen) atoms. The van der Waals surface area contributed by atoms with Gasteiger partial charge in [0.25, 0.3) is 0 Å². The van der Waals surface area contributed by atoms with Gasteiger partial charge in [0.05, 0.1) is 0 Å². The number of rotatable bonds is 1. The Morgan fingerprint density at radius 2 is 1.78 bits per heavy atom. The van der Waals surface area contributed by atoms with Crippen molar-refractivity contribution in [2.24, 2.45) is 0 Å². The Morgan fingerprint density at radius 3 is 2.44 bits per heavy atom. The lowest BCUT2D eigenvalue weighted by molar-refractivity contribution is -0.118. The van der Waals surface area contributed by atoms with Crippen molar-refractivity contribution in [3.05, 3.63) is 28.8 Å². The van der Waals surface area contributed by atoms with Crippen molar-refractivity contribution < 1.29 is 4.79 Å². The molecule has 3 heteroatoms. The molecule has 1 N–H and O–H groups in total. The van der Waals surface area contributed by atoms with Crippen molar-refractivity contribution >= 4 is 11.6 Å². The molecule has 2 rings (SSSR count). The Morgan fingerprint density at radius 1 is 1.11 bits per heavy atom. The van der Waals surface area contributed by atoms with Crippen LogP contribution in [0.2, 0.25) is 0 Å². The molecule has 0 unspecified atom stereocenters. The van der Waals surface area contributed by atoms with Gasteiger partial charge in [0, 0.05) is 25.2 Å². The summed E-state index contributed by atoms with van der Waals surface area (Å²) in [4.78, 5) is 14.2. The van der Waals surface area contributed by atoms with Gasteiger partial charge in [-0.25, -0.2) is 0 Å². The van der Waals surface area contributed by atoms with E-state index in [2.05, 4.69) is 38.2 Å². The number of carbonyl (C=O) groups excluding carboxylic acids is 1. The maximum atomic E-state index is 12.2. The molecule has 0 saturated carbocycles. The Kier molecular flexibility index (Phi) is 4.02. The van der Waals surface area contributed by atoms with E-state index in [-0.39, 0.29) is 5.91 Å². The molecule has 3 nitrogen and oxygen atoms in total. The molecule has 1 aliphatic rings. The van der Waals surface area contributed by atoms with Gasteiger partial charge in [0.15, 0.2) is 0 Å². The predicted molar refractivity (Wildman–Crippen MR) is 75.1 cm³/mol. The van der Waals surface area contributed by atoms with Gasteiger partial charge < -0.3 is 10.2 Å². The Bertz CT molecular complexity index is 431. The van der Waals surface area contributed by atoms with Crippen molar-refractivity contribution in [2.75, 3.05) is 24.5 Å². The van der Waals surface area contributed by atoms with Crippen LogP contribution in [0.15, 0.2) is 12.1 Å². The zero-order chi connectivity index (χ0) is 13.1. The normalized spacial score (nSPS) is 17.5. The number of benzene rings is 1. The van der Waals surface area contributed by atoms with Crippen molar-refractivity contribution in [3.63, 3.8) is 0 Å². The monoisotopic (exact) mass is 246 g/mol. The lowest BCUT2D eigenvalue weighted by atomic mass is 10.0. The second-order valence-electron chi connectivity index (χ2n) is 5.15. The molecule has 1 amide bonds. The molecular weight excluding hydrogens is 224 g/mol. The highest BCUT2D eigenvalue weighted by molar-refractivity contribution is 5.95. The van der Waals surface area contributed by atoms with Gasteiger partial charge in [-0.1, -0.05) is 17.7 Å². The highest BCUT2D eigenvalue weighted by Crippen LogP contribution is 2.27. The number of carbonyl (C=O) groups is 1. The van der Waals surface area contributed by atoms with Crippen molar-refractivity contribution in [1.82, 2.24) is 5.32 Å². The van der Waals surface area contributed by atoms with Gasteiger partial charge in [-0.2, -0.15) is 0 Å². The highest BCUT2D eigenvalue weighted by Gasteiger charge is 2.20. The summed E-state index contributed by atoms with van der Waals surface area (Å²) in [5.41, 5.74) is 4.78. The van der Waals surface area contributed by atoms with E-state index in [4.69, 9.17) is 0 Å². The first-order chi connectivity index (χ1) is 8.59. The van der Waals surface area contributed by atoms with Gasteiger partial charge in [0.2, 0.25) is 5.91 Å². The number of nitrogens with zero attached hydrogens (tertiary/aromatic N) is 1. The van der Waals surface area contributed by atoms with Crippen LogP contribution in [0.3, 0.4) is 0 Å². The van der Waals surface area contributed by atoms with E-state index in [9.17, 15) is 4.79 Å². The van der Waals surface area contributed by atoms with Gasteiger partial charge >= 0.3 is 0 Å². The van der Waals surface area contributed by atoms with E-state index in [1.54, 1.807) is 0 Å². The fraction of sp³-hybridized carbons (Fsp3) is 0.533. The third kappa shape index (κ3) is 2.72. The molecule has 1 fully saturated rings. The molecule has 1 aromatic carbocycles. The molecule has 0 radical (unpaired) electrons. The van der Waals surface area contributed by atoms with Crippen LogP contribution < -0.4 is 10.2 Å². The minimum atomic E-state index is 0.234. The zero-order valence-corrected chi connectivity index (χ0v) is 11.5. The lowest BCUT2D eigenvalue weighted by Crippen LogP contribution is -2.39. The topological polar surface area (TPSA) is 32.3 Å². The average Bonchev–Trinajstić information content (AvgIpc) is 2.26. The van der Waals surface area contributed by atoms with E-state index < -0.39 is 0 Å². The Balaban J connectivity index is 2.36. The van der Waals surface area contributed by atoms with Crippen LogP contribution in [0.25, 0.3) is 0 Å². The maximum Gasteiger partial charge on any atom is 0.228 e. The largest absolute Gasteiger partial charge is 0.316 e. The number of anilines is 1. The molecule has 0 aliphatic carbocycles. The number of amides is 1. The summed E-state index contributed by atoms with van der Waals surface area (Å²) >= 11 is 0. The van der Waals surface area contributed by atoms with Crippen LogP contribution in [0.5, 0.6) is 0 Å². The first-order valence-electron chi connectivity index (χ1n) is 6.68. The van der Waals surface area contributed by atoms with Gasteiger partial charge in [-0.05, 0) is 44.9 Å². The summed E-state index contributed by atoms with van der Waals surface area (Å²) in [6.07, 6.45) is 1.60. The first-order valence-corrected chi connectivity index (χ1v) is 6.68. The number of aryl methyl sites for hydroxylation is 3. The van der Waals surface area contributed by atoms with Crippen molar-refractivity contribution in [3.8, 4) is 0 Å². The third-order valence-corrected chi connectivity index (χ3v) is 3.46. The number of hydrogen-bond acceptors (Lipinski definition) is 2. The summed E-state index contributed by atoms with van der Waals surface area (Å²) in [7, 11) is 0. The van der Waals surface area contributed by atoms with Crippen LogP contribution >= 0.6 is 0 Å². The molecule has 98 valence electrons. The van der Waals surface area contributed by atoms with Crippen LogP contribution in [0, 0.1) is 20.8 Å². The first kappa shape index (κ1) is 13.1. The average molecular weight is 246 g/mol. The number of hydrogen-bond donors (Lipinski definition) is 1. The van der Waals surface area contributed by atoms with E-state index >= 15 is 0 Å². The van der Waals surface area contributed by atoms with E-state index in [1.165, 1.54) is 16.7 Å². The van der Waals surface area contributed by atoms with Crippen molar-refractivity contribution in [1.29, 1.82) is 0 Å². The molecule has 1 aliphatic heterocycles. The third-order valence-electron chi connectivity index (χ3n) is 3.46. The molecule has 0 spiro atoms. The van der Waals surface area contributed by atoms with Gasteiger partial charge in [-0.15, -0.1) is 0 Å². The highest BCUT2D eigenvalue weighted by atomic mass is 16.2. The molecule has 1 saturated heterocycles. The molecule has 1 aromatic rings. The SMILES string of the molecule is Cc1cc(C)c(N2CCCNCCC2=O)c(C)c1. The second kappa shape index (κ2) is 5.53. The summed E-state index contributed by atoms with van der Waals surface area (Å²) in [6.45, 7) is 8.89. The fourth-order valence-electron chi connectivity index (χ4n) is 2.78. The van der Waals surface area contributed by atoms with Gasteiger partial charge in [0.1, 0.15) is 0 Å². The van der Waals surface area contributed by atoms with Gasteiger partial charge in [-0.3, -0.25) is 4.79 Å². The van der Waals surface area contributed by atoms with E-state index in [1.807, 2.05) is 4.90 Å². The second-order valence-corrected chi connectivity index (χ2v) is 5.15. The van der Waals surface area contributed by atoms with Crippen LogP contribution in [0.4, 0.5) is 5.69 Å². The standard InChI is InChI=1S/C15H22N2O/c1-11-9-12(2)15(13(3)10-11)17-8-4-6-16-7-5-14(17)18/h9-10,16H,4-8H2,1-3H3. The Labute approximate surface area is 109 Å². The smallest absolute Gasteiger partial charge is 0.228 e. The minimum absolute atomic E-state index is 0.234. The van der Waals surface area contributed by atoms with Crippen molar-refractivity contribution in [2.45, 2.75) is 33.6 Å². The predicted octanol–water partition coefficient (Wildman–Crippen LogP) is 2.33. The van der Waals surface area contributed by atoms with E-state index in [0.717, 1.165) is 31.7 Å². The van der Waals surface area contributed by atoms with Crippen LogP contribution in [-0.4, -0.2) is 25.5 Å². The zero-order valence-electron chi connectivity index (χ0n) is 11.5. The quantitative estimate of drug-likeness (QED) is 0.825. The Hall–Kier alpha value is -1.35. The number of nitrogens with one attached hydrogen (secondary N) is 1. The fourth-order valence-corrected chi connectivity index (χ4v) is 2.78. The molecule has 1 heterocycles. The minimum Gasteiger partial charge on any atom is -0.316 e. The summed E-state index contributed by atoms with van der Waals surface area (Å²) in [5.74, 6) is 0.234. The molecule has 0 aromatic heterocycles. The maximum absolute atomic E-state index is 12.2. The van der Waals surface area contributed by atoms with Crippen LogP contribution in [-0.2, 0) is 4.79 Å². The molecule has 0 atom stereocenters.